The van der Waals surface area contributed by atoms with Gasteiger partial charge in [-0.15, -0.1) is 0 Å². The largest absolute Gasteiger partial charge is 0.425 e. The molecule has 0 spiro atoms. The third kappa shape index (κ3) is 3.28. The number of fused-ring (bicyclic) bond motifs is 7. The quantitative estimate of drug-likeness (QED) is 0.189. The summed E-state index contributed by atoms with van der Waals surface area (Å²) in [5.74, 6) is -0.752. The van der Waals surface area contributed by atoms with Crippen LogP contribution < -0.4 is 9.47 Å². The number of carbonyl (C=O) groups is 2. The first-order valence-corrected chi connectivity index (χ1v) is 12.1. The van der Waals surface area contributed by atoms with Crippen molar-refractivity contribution in [3.63, 3.8) is 0 Å². The van der Waals surface area contributed by atoms with Crippen LogP contribution in [0.15, 0.2) is 72.8 Å². The van der Waals surface area contributed by atoms with Gasteiger partial charge >= 0.3 is 11.9 Å². The second-order valence-corrected chi connectivity index (χ2v) is 9.40. The van der Waals surface area contributed by atoms with Gasteiger partial charge in [0.1, 0.15) is 11.5 Å². The molecule has 34 heavy (non-hydrogen) atoms. The van der Waals surface area contributed by atoms with E-state index in [1.807, 2.05) is 72.8 Å². The molecule has 0 radical (unpaired) electrons. The first-order chi connectivity index (χ1) is 16.7. The maximum absolute atomic E-state index is 13.6. The lowest BCUT2D eigenvalue weighted by Gasteiger charge is -2.24. The highest BCUT2D eigenvalue weighted by Gasteiger charge is 2.44. The number of rotatable bonds is 2. The molecule has 0 N–H and O–H groups in total. The van der Waals surface area contributed by atoms with Gasteiger partial charge < -0.3 is 9.47 Å². The number of hydrogen-bond acceptors (Lipinski definition) is 4. The molecule has 2 aliphatic rings. The average molecular weight is 451 g/mol. The first kappa shape index (κ1) is 20.9. The number of hydrogen-bond donors (Lipinski definition) is 0. The van der Waals surface area contributed by atoms with E-state index in [4.69, 9.17) is 9.47 Å². The van der Waals surface area contributed by atoms with Crippen LogP contribution in [0.2, 0.25) is 0 Å². The van der Waals surface area contributed by atoms with Crippen LogP contribution in [0.1, 0.15) is 32.6 Å². The van der Waals surface area contributed by atoms with Crippen LogP contribution in [-0.4, -0.2) is 11.9 Å². The summed E-state index contributed by atoms with van der Waals surface area (Å²) in [5.41, 5.74) is 1.57. The molecular weight excluding hydrogens is 424 g/mol. The third-order valence-electron chi connectivity index (χ3n) is 7.63. The molecule has 0 saturated heterocycles. The minimum absolute atomic E-state index is 0.0593. The van der Waals surface area contributed by atoms with E-state index in [1.54, 1.807) is 0 Å². The van der Waals surface area contributed by atoms with Crippen LogP contribution in [0, 0.1) is 17.8 Å². The maximum atomic E-state index is 13.6. The van der Waals surface area contributed by atoms with E-state index in [-0.39, 0.29) is 5.92 Å². The molecule has 4 aromatic carbocycles. The molecule has 4 nitrogen and oxygen atoms in total. The minimum Gasteiger partial charge on any atom is -0.425 e. The van der Waals surface area contributed by atoms with Crippen molar-refractivity contribution < 1.29 is 19.1 Å². The van der Waals surface area contributed by atoms with Crippen molar-refractivity contribution >= 4 is 33.5 Å². The Bertz CT molecular complexity index is 1340. The Balaban J connectivity index is 1.64. The van der Waals surface area contributed by atoms with Crippen molar-refractivity contribution in [1.29, 1.82) is 0 Å². The van der Waals surface area contributed by atoms with E-state index >= 15 is 0 Å². The molecule has 0 amide bonds. The van der Waals surface area contributed by atoms with Gasteiger partial charge in [0.25, 0.3) is 0 Å². The minimum atomic E-state index is -0.927. The van der Waals surface area contributed by atoms with Gasteiger partial charge in [-0.1, -0.05) is 86.8 Å². The Morgan fingerprint density at radius 2 is 1.24 bits per heavy atom. The van der Waals surface area contributed by atoms with E-state index in [0.717, 1.165) is 58.4 Å². The van der Waals surface area contributed by atoms with Crippen molar-refractivity contribution in [1.82, 2.24) is 0 Å². The van der Waals surface area contributed by atoms with Gasteiger partial charge in [-0.25, -0.2) is 0 Å². The lowest BCUT2D eigenvalue weighted by Crippen LogP contribution is -2.38. The van der Waals surface area contributed by atoms with Crippen molar-refractivity contribution in [3.8, 4) is 22.6 Å². The predicted octanol–water partition coefficient (Wildman–Crippen LogP) is 6.93. The summed E-state index contributed by atoms with van der Waals surface area (Å²) < 4.78 is 12.2. The normalized spacial score (nSPS) is 20.7. The fourth-order valence-corrected chi connectivity index (χ4v) is 5.99. The second kappa shape index (κ2) is 8.28. The van der Waals surface area contributed by atoms with Gasteiger partial charge in [0.2, 0.25) is 0 Å². The molecule has 2 atom stereocenters. The zero-order chi connectivity index (χ0) is 23.2. The molecule has 2 unspecified atom stereocenters. The summed E-state index contributed by atoms with van der Waals surface area (Å²) in [7, 11) is 0. The summed E-state index contributed by atoms with van der Waals surface area (Å²) in [6.45, 7) is 2.12. The summed E-state index contributed by atoms with van der Waals surface area (Å²) in [5, 5.41) is 3.96. The van der Waals surface area contributed by atoms with Gasteiger partial charge in [0.05, 0.1) is 0 Å². The highest BCUT2D eigenvalue weighted by Crippen LogP contribution is 2.48. The van der Waals surface area contributed by atoms with Crippen molar-refractivity contribution in [2.45, 2.75) is 32.6 Å². The lowest BCUT2D eigenvalue weighted by atomic mass is 9.82. The zero-order valence-electron chi connectivity index (χ0n) is 19.1. The molecule has 0 bridgehead atoms. The fourth-order valence-electron chi connectivity index (χ4n) is 5.99. The van der Waals surface area contributed by atoms with Crippen molar-refractivity contribution in [2.75, 3.05) is 0 Å². The van der Waals surface area contributed by atoms with Crippen LogP contribution in [0.3, 0.4) is 0 Å². The first-order valence-electron chi connectivity index (χ1n) is 12.1. The average Bonchev–Trinajstić information content (AvgIpc) is 3.33. The maximum Gasteiger partial charge on any atom is 0.326 e. The summed E-state index contributed by atoms with van der Waals surface area (Å²) in [6, 6.07) is 23.7. The monoisotopic (exact) mass is 450 g/mol. The number of esters is 2. The molecule has 4 heteroatoms. The predicted molar refractivity (Wildman–Crippen MR) is 133 cm³/mol. The molecule has 1 heterocycles. The Morgan fingerprint density at radius 1 is 0.706 bits per heavy atom. The highest BCUT2D eigenvalue weighted by atomic mass is 16.6. The molecule has 1 saturated carbocycles. The van der Waals surface area contributed by atoms with E-state index in [9.17, 15) is 9.59 Å². The molecule has 1 aliphatic heterocycles. The van der Waals surface area contributed by atoms with Crippen LogP contribution in [0.25, 0.3) is 32.7 Å². The Morgan fingerprint density at radius 3 is 1.76 bits per heavy atom. The third-order valence-corrected chi connectivity index (χ3v) is 7.63. The second-order valence-electron chi connectivity index (χ2n) is 9.40. The molecule has 170 valence electrons. The molecule has 1 fully saturated rings. The molecular formula is C30H26O4. The van der Waals surface area contributed by atoms with Crippen molar-refractivity contribution in [2.24, 2.45) is 17.8 Å². The molecule has 0 aromatic heterocycles. The Hall–Kier alpha value is -3.66. The standard InChI is InChI=1S/C30H26O4/c1-2-18-10-7-13-21(18)28-29(31)33-24-16-14-19-8-3-5-11-22(19)26(24)27-23-12-6-4-9-20(23)15-17-25(27)34-30(28)32/h3-6,8-9,11-12,14-18,21,28H,2,7,10,13H2,1H3. The van der Waals surface area contributed by atoms with Crippen LogP contribution >= 0.6 is 0 Å². The van der Waals surface area contributed by atoms with Gasteiger partial charge in [-0.3, -0.25) is 9.59 Å². The van der Waals surface area contributed by atoms with Crippen LogP contribution in [-0.2, 0) is 9.59 Å². The van der Waals surface area contributed by atoms with E-state index < -0.39 is 17.9 Å². The van der Waals surface area contributed by atoms with E-state index in [2.05, 4.69) is 6.92 Å². The smallest absolute Gasteiger partial charge is 0.326 e. The van der Waals surface area contributed by atoms with E-state index in [1.165, 1.54) is 0 Å². The van der Waals surface area contributed by atoms with Gasteiger partial charge in [0, 0.05) is 11.1 Å². The molecule has 4 aromatic rings. The zero-order valence-corrected chi connectivity index (χ0v) is 19.1. The van der Waals surface area contributed by atoms with Crippen molar-refractivity contribution in [3.05, 3.63) is 72.8 Å². The Labute approximate surface area is 198 Å². The summed E-state index contributed by atoms with van der Waals surface area (Å²) in [4.78, 5) is 27.1. The summed E-state index contributed by atoms with van der Waals surface area (Å²) in [6.07, 6.45) is 3.82. The number of carbonyl (C=O) groups excluding carboxylic acids is 2. The number of benzene rings is 4. The van der Waals surface area contributed by atoms with Gasteiger partial charge in [0.15, 0.2) is 5.92 Å². The molecule has 6 rings (SSSR count). The van der Waals surface area contributed by atoms with Crippen LogP contribution in [0.5, 0.6) is 11.5 Å². The SMILES string of the molecule is CCC1CCCC1C1C(=O)Oc2ccc3ccccc3c2-c2c(ccc3ccccc23)OC1=O. The van der Waals surface area contributed by atoms with Gasteiger partial charge in [-0.2, -0.15) is 0 Å². The lowest BCUT2D eigenvalue weighted by molar-refractivity contribution is -0.154. The number of ether oxygens (including phenoxy) is 2. The Kier molecular flexibility index (Phi) is 5.09. The summed E-state index contributed by atoms with van der Waals surface area (Å²) >= 11 is 0. The molecule has 1 aliphatic carbocycles. The van der Waals surface area contributed by atoms with Crippen LogP contribution in [0.4, 0.5) is 0 Å². The van der Waals surface area contributed by atoms with Gasteiger partial charge in [-0.05, 0) is 51.9 Å². The van der Waals surface area contributed by atoms with E-state index in [0.29, 0.717) is 17.4 Å². The highest BCUT2D eigenvalue weighted by molar-refractivity contribution is 6.11. The fraction of sp³-hybridized carbons (Fsp3) is 0.267. The topological polar surface area (TPSA) is 52.6 Å².